The van der Waals surface area contributed by atoms with Crippen LogP contribution in [0.3, 0.4) is 0 Å². The summed E-state index contributed by atoms with van der Waals surface area (Å²) in [6.45, 7) is 1.10. The minimum Gasteiger partial charge on any atom is -0.396 e. The summed E-state index contributed by atoms with van der Waals surface area (Å²) in [5.74, 6) is 0.965. The molecular weight excluding hydrogens is 244 g/mol. The molecule has 4 heteroatoms. The molecular formula is C14H18N2OS. The first-order valence-corrected chi connectivity index (χ1v) is 7.06. The van der Waals surface area contributed by atoms with Gasteiger partial charge in [0, 0.05) is 41.9 Å². The molecule has 2 rings (SSSR count). The molecule has 0 aliphatic heterocycles. The predicted octanol–water partition coefficient (Wildman–Crippen LogP) is 3.10. The van der Waals surface area contributed by atoms with Gasteiger partial charge < -0.3 is 15.4 Å². The first-order chi connectivity index (χ1) is 8.88. The molecule has 0 spiro atoms. The summed E-state index contributed by atoms with van der Waals surface area (Å²) >= 11 is 1.78. The van der Waals surface area contributed by atoms with Crippen LogP contribution in [-0.2, 0) is 6.54 Å². The third-order valence-electron chi connectivity index (χ3n) is 2.58. The van der Waals surface area contributed by atoms with E-state index < -0.39 is 0 Å². The van der Waals surface area contributed by atoms with E-state index in [9.17, 15) is 0 Å². The number of anilines is 1. The Morgan fingerprint density at radius 3 is 2.67 bits per heavy atom. The standard InChI is InChI=1S/C14H18N2OS/c17-8-1-9-18-14-4-2-13(3-5-14)16-11-12-6-7-15-10-12/h2-7,10,15-17H,1,8-9,11H2. The third kappa shape index (κ3) is 4.13. The first kappa shape index (κ1) is 13.1. The van der Waals surface area contributed by atoms with Crippen LogP contribution < -0.4 is 5.32 Å². The van der Waals surface area contributed by atoms with E-state index in [1.54, 1.807) is 11.8 Å². The van der Waals surface area contributed by atoms with Crippen molar-refractivity contribution in [1.82, 2.24) is 4.98 Å². The molecule has 3 nitrogen and oxygen atoms in total. The Hall–Kier alpha value is -1.39. The Bertz CT molecular complexity index is 439. The topological polar surface area (TPSA) is 48.0 Å². The second-order valence-corrected chi connectivity index (χ2v) is 5.19. The van der Waals surface area contributed by atoms with E-state index in [4.69, 9.17) is 5.11 Å². The molecule has 0 saturated heterocycles. The molecule has 0 unspecified atom stereocenters. The van der Waals surface area contributed by atoms with Crippen LogP contribution >= 0.6 is 11.8 Å². The second kappa shape index (κ2) is 7.13. The molecule has 0 aliphatic carbocycles. The highest BCUT2D eigenvalue weighted by atomic mass is 32.2. The van der Waals surface area contributed by atoms with Gasteiger partial charge >= 0.3 is 0 Å². The molecule has 0 fully saturated rings. The van der Waals surface area contributed by atoms with Gasteiger partial charge in [0.1, 0.15) is 0 Å². The lowest BCUT2D eigenvalue weighted by atomic mass is 10.3. The predicted molar refractivity (Wildman–Crippen MR) is 77.0 cm³/mol. The van der Waals surface area contributed by atoms with Crippen LogP contribution in [0, 0.1) is 0 Å². The maximum absolute atomic E-state index is 8.72. The maximum atomic E-state index is 8.72. The van der Waals surface area contributed by atoms with Crippen molar-refractivity contribution >= 4 is 17.4 Å². The van der Waals surface area contributed by atoms with Gasteiger partial charge in [0.05, 0.1) is 0 Å². The van der Waals surface area contributed by atoms with Crippen LogP contribution in [0.4, 0.5) is 5.69 Å². The van der Waals surface area contributed by atoms with Crippen LogP contribution in [0.5, 0.6) is 0 Å². The van der Waals surface area contributed by atoms with Crippen molar-refractivity contribution in [1.29, 1.82) is 0 Å². The molecule has 1 aromatic heterocycles. The van der Waals surface area contributed by atoms with E-state index in [-0.39, 0.29) is 6.61 Å². The lowest BCUT2D eigenvalue weighted by Crippen LogP contribution is -1.97. The number of aromatic amines is 1. The average Bonchev–Trinajstić information content (AvgIpc) is 2.91. The lowest BCUT2D eigenvalue weighted by Gasteiger charge is -2.06. The fourth-order valence-corrected chi connectivity index (χ4v) is 2.43. The maximum Gasteiger partial charge on any atom is 0.0439 e. The molecule has 0 bridgehead atoms. The quantitative estimate of drug-likeness (QED) is 0.531. The van der Waals surface area contributed by atoms with Gasteiger partial charge in [-0.3, -0.25) is 0 Å². The van der Waals surface area contributed by atoms with Crippen molar-refractivity contribution < 1.29 is 5.11 Å². The van der Waals surface area contributed by atoms with Crippen LogP contribution in [0.25, 0.3) is 0 Å². The highest BCUT2D eigenvalue weighted by molar-refractivity contribution is 7.99. The Morgan fingerprint density at radius 2 is 2.00 bits per heavy atom. The molecule has 0 atom stereocenters. The zero-order valence-electron chi connectivity index (χ0n) is 10.2. The molecule has 3 N–H and O–H groups in total. The summed E-state index contributed by atoms with van der Waals surface area (Å²) in [5, 5.41) is 12.1. The number of H-pyrrole nitrogens is 1. The fraction of sp³-hybridized carbons (Fsp3) is 0.286. The smallest absolute Gasteiger partial charge is 0.0439 e. The highest BCUT2D eigenvalue weighted by Crippen LogP contribution is 2.21. The van der Waals surface area contributed by atoms with Gasteiger partial charge in [0.2, 0.25) is 0 Å². The second-order valence-electron chi connectivity index (χ2n) is 4.02. The van der Waals surface area contributed by atoms with E-state index in [0.717, 1.165) is 24.4 Å². The minimum atomic E-state index is 0.267. The Kier molecular flexibility index (Phi) is 5.17. The zero-order valence-corrected chi connectivity index (χ0v) is 11.0. The van der Waals surface area contributed by atoms with E-state index >= 15 is 0 Å². The number of rotatable bonds is 7. The number of aromatic nitrogens is 1. The van der Waals surface area contributed by atoms with Gasteiger partial charge in [-0.2, -0.15) is 0 Å². The molecule has 18 heavy (non-hydrogen) atoms. The SMILES string of the molecule is OCCCSc1ccc(NCc2cc[nH]c2)cc1. The zero-order chi connectivity index (χ0) is 12.6. The van der Waals surface area contributed by atoms with Gasteiger partial charge in [-0.05, 0) is 42.3 Å². The fourth-order valence-electron chi connectivity index (χ4n) is 1.60. The van der Waals surface area contributed by atoms with Crippen molar-refractivity contribution in [3.05, 3.63) is 48.3 Å². The minimum absolute atomic E-state index is 0.267. The highest BCUT2D eigenvalue weighted by Gasteiger charge is 1.96. The molecule has 1 aromatic carbocycles. The van der Waals surface area contributed by atoms with Crippen LogP contribution in [-0.4, -0.2) is 22.5 Å². The normalized spacial score (nSPS) is 10.5. The summed E-state index contributed by atoms with van der Waals surface area (Å²) in [6.07, 6.45) is 4.77. The van der Waals surface area contributed by atoms with Gasteiger partial charge in [-0.15, -0.1) is 11.8 Å². The van der Waals surface area contributed by atoms with E-state index in [2.05, 4.69) is 40.6 Å². The van der Waals surface area contributed by atoms with Gasteiger partial charge in [-0.25, -0.2) is 0 Å². The van der Waals surface area contributed by atoms with Gasteiger partial charge in [0.25, 0.3) is 0 Å². The largest absolute Gasteiger partial charge is 0.396 e. The number of aliphatic hydroxyl groups excluding tert-OH is 1. The molecule has 0 aliphatic rings. The molecule has 1 heterocycles. The summed E-state index contributed by atoms with van der Waals surface area (Å²) < 4.78 is 0. The Balaban J connectivity index is 1.80. The molecule has 0 radical (unpaired) electrons. The molecule has 0 amide bonds. The molecule has 0 saturated carbocycles. The van der Waals surface area contributed by atoms with Crippen LogP contribution in [0.1, 0.15) is 12.0 Å². The van der Waals surface area contributed by atoms with E-state index in [1.807, 2.05) is 12.4 Å². The Labute approximate surface area is 112 Å². The van der Waals surface area contributed by atoms with E-state index in [1.165, 1.54) is 10.5 Å². The summed E-state index contributed by atoms with van der Waals surface area (Å²) in [5.41, 5.74) is 2.37. The van der Waals surface area contributed by atoms with Crippen LogP contribution in [0.15, 0.2) is 47.6 Å². The number of aliphatic hydroxyl groups is 1. The van der Waals surface area contributed by atoms with Gasteiger partial charge in [0.15, 0.2) is 0 Å². The van der Waals surface area contributed by atoms with Crippen molar-refractivity contribution in [2.75, 3.05) is 17.7 Å². The lowest BCUT2D eigenvalue weighted by molar-refractivity contribution is 0.296. The molecule has 96 valence electrons. The van der Waals surface area contributed by atoms with Gasteiger partial charge in [-0.1, -0.05) is 0 Å². The number of benzene rings is 1. The Morgan fingerprint density at radius 1 is 1.17 bits per heavy atom. The first-order valence-electron chi connectivity index (χ1n) is 6.08. The van der Waals surface area contributed by atoms with Crippen molar-refractivity contribution in [3.63, 3.8) is 0 Å². The van der Waals surface area contributed by atoms with E-state index in [0.29, 0.717) is 0 Å². The average molecular weight is 262 g/mol. The van der Waals surface area contributed by atoms with Crippen molar-refractivity contribution in [3.8, 4) is 0 Å². The summed E-state index contributed by atoms with van der Waals surface area (Å²) in [4.78, 5) is 4.29. The summed E-state index contributed by atoms with van der Waals surface area (Å²) in [7, 11) is 0. The number of hydrogen-bond acceptors (Lipinski definition) is 3. The number of hydrogen-bond donors (Lipinski definition) is 3. The summed E-state index contributed by atoms with van der Waals surface area (Å²) in [6, 6.07) is 10.5. The molecule has 2 aromatic rings. The van der Waals surface area contributed by atoms with Crippen molar-refractivity contribution in [2.45, 2.75) is 17.9 Å². The monoisotopic (exact) mass is 262 g/mol. The third-order valence-corrected chi connectivity index (χ3v) is 3.68. The number of nitrogens with one attached hydrogen (secondary N) is 2. The number of thioether (sulfide) groups is 1. The van der Waals surface area contributed by atoms with Crippen LogP contribution in [0.2, 0.25) is 0 Å². The van der Waals surface area contributed by atoms with Crippen molar-refractivity contribution in [2.24, 2.45) is 0 Å².